The van der Waals surface area contributed by atoms with Crippen LogP contribution in [0.5, 0.6) is 0 Å². The summed E-state index contributed by atoms with van der Waals surface area (Å²) < 4.78 is 0.869. The SMILES string of the molecule is CC(C)[C@H](C)C(=O)N1CCC[C@H]1c1ncc(Br)[nH]1. The highest BCUT2D eigenvalue weighted by Crippen LogP contribution is 2.32. The first-order valence-corrected chi connectivity index (χ1v) is 7.31. The van der Waals surface area contributed by atoms with Crippen LogP contribution in [0.15, 0.2) is 10.8 Å². The van der Waals surface area contributed by atoms with E-state index in [1.165, 1.54) is 0 Å². The maximum absolute atomic E-state index is 12.4. The Bertz CT molecular complexity index is 430. The van der Waals surface area contributed by atoms with Crippen molar-refractivity contribution in [3.05, 3.63) is 16.6 Å². The summed E-state index contributed by atoms with van der Waals surface area (Å²) in [4.78, 5) is 22.0. The van der Waals surface area contributed by atoms with E-state index in [1.807, 2.05) is 11.8 Å². The molecule has 1 aromatic heterocycles. The molecule has 1 aromatic rings. The minimum Gasteiger partial charge on any atom is -0.335 e. The molecule has 1 amide bonds. The van der Waals surface area contributed by atoms with Crippen molar-refractivity contribution in [1.29, 1.82) is 0 Å². The number of aromatic amines is 1. The molecule has 0 saturated carbocycles. The summed E-state index contributed by atoms with van der Waals surface area (Å²) in [7, 11) is 0. The van der Waals surface area contributed by atoms with Gasteiger partial charge < -0.3 is 9.88 Å². The van der Waals surface area contributed by atoms with Gasteiger partial charge >= 0.3 is 0 Å². The van der Waals surface area contributed by atoms with Gasteiger partial charge in [0.15, 0.2) is 0 Å². The van der Waals surface area contributed by atoms with Gasteiger partial charge in [-0.15, -0.1) is 0 Å². The number of halogens is 1. The molecule has 1 fully saturated rings. The van der Waals surface area contributed by atoms with E-state index in [9.17, 15) is 4.79 Å². The monoisotopic (exact) mass is 313 g/mol. The maximum atomic E-state index is 12.4. The third kappa shape index (κ3) is 2.60. The molecule has 4 nitrogen and oxygen atoms in total. The molecule has 2 rings (SSSR count). The minimum atomic E-state index is 0.0732. The first-order valence-electron chi connectivity index (χ1n) is 6.51. The molecule has 2 atom stereocenters. The van der Waals surface area contributed by atoms with E-state index in [0.717, 1.165) is 29.8 Å². The second-order valence-corrected chi connectivity index (χ2v) is 6.19. The molecule has 1 aliphatic rings. The zero-order valence-corrected chi connectivity index (χ0v) is 12.7. The quantitative estimate of drug-likeness (QED) is 0.932. The second-order valence-electron chi connectivity index (χ2n) is 5.34. The Morgan fingerprint density at radius 2 is 2.28 bits per heavy atom. The first kappa shape index (κ1) is 13.6. The van der Waals surface area contributed by atoms with Gasteiger partial charge in [-0.1, -0.05) is 20.8 Å². The number of aromatic nitrogens is 2. The van der Waals surface area contributed by atoms with Gasteiger partial charge in [-0.05, 0) is 34.7 Å². The summed E-state index contributed by atoms with van der Waals surface area (Å²) in [5, 5.41) is 0. The lowest BCUT2D eigenvalue weighted by Crippen LogP contribution is -2.36. The Labute approximate surface area is 116 Å². The van der Waals surface area contributed by atoms with Crippen LogP contribution in [0.2, 0.25) is 0 Å². The van der Waals surface area contributed by atoms with Crippen molar-refractivity contribution in [3.63, 3.8) is 0 Å². The Morgan fingerprint density at radius 1 is 1.56 bits per heavy atom. The van der Waals surface area contributed by atoms with E-state index in [0.29, 0.717) is 5.92 Å². The van der Waals surface area contributed by atoms with Crippen molar-refractivity contribution >= 4 is 21.8 Å². The molecule has 2 heterocycles. The van der Waals surface area contributed by atoms with E-state index < -0.39 is 0 Å². The zero-order valence-electron chi connectivity index (χ0n) is 11.1. The Hall–Kier alpha value is -0.840. The molecule has 0 aromatic carbocycles. The highest BCUT2D eigenvalue weighted by atomic mass is 79.9. The van der Waals surface area contributed by atoms with Crippen LogP contribution in [0.3, 0.4) is 0 Å². The van der Waals surface area contributed by atoms with E-state index in [1.54, 1.807) is 6.20 Å². The molecular weight excluding hydrogens is 294 g/mol. The van der Waals surface area contributed by atoms with E-state index >= 15 is 0 Å². The number of imidazole rings is 1. The largest absolute Gasteiger partial charge is 0.335 e. The molecule has 0 unspecified atom stereocenters. The average molecular weight is 314 g/mol. The van der Waals surface area contributed by atoms with Crippen LogP contribution >= 0.6 is 15.9 Å². The Morgan fingerprint density at radius 3 is 2.83 bits per heavy atom. The molecule has 0 aliphatic carbocycles. The van der Waals surface area contributed by atoms with Gasteiger partial charge in [-0.3, -0.25) is 4.79 Å². The molecule has 0 radical (unpaired) electrons. The third-order valence-corrected chi connectivity index (χ3v) is 4.21. The van der Waals surface area contributed by atoms with Gasteiger partial charge in [-0.2, -0.15) is 0 Å². The number of H-pyrrole nitrogens is 1. The summed E-state index contributed by atoms with van der Waals surface area (Å²) in [5.41, 5.74) is 0. The van der Waals surface area contributed by atoms with Crippen LogP contribution < -0.4 is 0 Å². The van der Waals surface area contributed by atoms with Gasteiger partial charge in [0, 0.05) is 12.5 Å². The van der Waals surface area contributed by atoms with Crippen LogP contribution in [0.1, 0.15) is 45.5 Å². The topological polar surface area (TPSA) is 49.0 Å². The van der Waals surface area contributed by atoms with Crippen molar-refractivity contribution in [2.45, 2.75) is 39.7 Å². The van der Waals surface area contributed by atoms with Gasteiger partial charge in [0.2, 0.25) is 5.91 Å². The lowest BCUT2D eigenvalue weighted by atomic mass is 9.96. The van der Waals surface area contributed by atoms with Crippen molar-refractivity contribution in [3.8, 4) is 0 Å². The lowest BCUT2D eigenvalue weighted by molar-refractivity contribution is -0.137. The standard InChI is InChI=1S/C13H20BrN3O/c1-8(2)9(3)13(18)17-6-4-5-10(17)12-15-7-11(14)16-12/h7-10H,4-6H2,1-3H3,(H,15,16)/t9-,10-/m0/s1. The van der Waals surface area contributed by atoms with Crippen molar-refractivity contribution in [2.24, 2.45) is 11.8 Å². The zero-order chi connectivity index (χ0) is 13.3. The highest BCUT2D eigenvalue weighted by Gasteiger charge is 2.34. The van der Waals surface area contributed by atoms with Crippen molar-refractivity contribution in [1.82, 2.24) is 14.9 Å². The van der Waals surface area contributed by atoms with Gasteiger partial charge in [0.05, 0.1) is 12.2 Å². The number of amides is 1. The molecule has 0 spiro atoms. The number of rotatable bonds is 3. The van der Waals surface area contributed by atoms with Crippen molar-refractivity contribution in [2.75, 3.05) is 6.54 Å². The van der Waals surface area contributed by atoms with Gasteiger partial charge in [0.25, 0.3) is 0 Å². The fourth-order valence-corrected chi connectivity index (χ4v) is 2.65. The smallest absolute Gasteiger partial charge is 0.226 e. The number of carbonyl (C=O) groups excluding carboxylic acids is 1. The van der Waals surface area contributed by atoms with Crippen LogP contribution in [-0.2, 0) is 4.79 Å². The number of hydrogen-bond acceptors (Lipinski definition) is 2. The summed E-state index contributed by atoms with van der Waals surface area (Å²) in [6.45, 7) is 7.05. The van der Waals surface area contributed by atoms with E-state index in [-0.39, 0.29) is 17.9 Å². The molecule has 5 heteroatoms. The molecule has 0 bridgehead atoms. The van der Waals surface area contributed by atoms with Crippen LogP contribution in [0.4, 0.5) is 0 Å². The summed E-state index contributed by atoms with van der Waals surface area (Å²) in [6.07, 6.45) is 3.80. The summed E-state index contributed by atoms with van der Waals surface area (Å²) in [5.74, 6) is 1.59. The van der Waals surface area contributed by atoms with Gasteiger partial charge in [-0.25, -0.2) is 4.98 Å². The molecular formula is C13H20BrN3O. The van der Waals surface area contributed by atoms with E-state index in [4.69, 9.17) is 0 Å². The number of carbonyl (C=O) groups is 1. The number of likely N-dealkylation sites (tertiary alicyclic amines) is 1. The predicted octanol–water partition coefficient (Wildman–Crippen LogP) is 3.13. The summed E-state index contributed by atoms with van der Waals surface area (Å²) in [6, 6.07) is 0.116. The number of hydrogen-bond donors (Lipinski definition) is 1. The number of nitrogens with zero attached hydrogens (tertiary/aromatic N) is 2. The average Bonchev–Trinajstić information content (AvgIpc) is 2.94. The fraction of sp³-hybridized carbons (Fsp3) is 0.692. The maximum Gasteiger partial charge on any atom is 0.226 e. The van der Waals surface area contributed by atoms with Gasteiger partial charge in [0.1, 0.15) is 10.4 Å². The van der Waals surface area contributed by atoms with Crippen LogP contribution in [-0.4, -0.2) is 27.3 Å². The van der Waals surface area contributed by atoms with E-state index in [2.05, 4.69) is 39.7 Å². The first-order chi connectivity index (χ1) is 8.50. The predicted molar refractivity (Wildman–Crippen MR) is 74.0 cm³/mol. The molecule has 100 valence electrons. The Kier molecular flexibility index (Phi) is 4.10. The lowest BCUT2D eigenvalue weighted by Gasteiger charge is -2.27. The minimum absolute atomic E-state index is 0.0732. The summed E-state index contributed by atoms with van der Waals surface area (Å²) >= 11 is 3.37. The molecule has 1 aliphatic heterocycles. The number of nitrogens with one attached hydrogen (secondary N) is 1. The molecule has 1 saturated heterocycles. The molecule has 1 N–H and O–H groups in total. The molecule has 18 heavy (non-hydrogen) atoms. The van der Waals surface area contributed by atoms with Crippen LogP contribution in [0, 0.1) is 11.8 Å². The fourth-order valence-electron chi connectivity index (χ4n) is 2.34. The third-order valence-electron chi connectivity index (χ3n) is 3.81. The second kappa shape index (κ2) is 5.43. The highest BCUT2D eigenvalue weighted by molar-refractivity contribution is 9.10. The normalized spacial score (nSPS) is 21.6. The Balaban J connectivity index is 2.15. The van der Waals surface area contributed by atoms with Crippen molar-refractivity contribution < 1.29 is 4.79 Å². The van der Waals surface area contributed by atoms with Crippen LogP contribution in [0.25, 0.3) is 0 Å².